The second-order valence-electron chi connectivity index (χ2n) is 5.57. The summed E-state index contributed by atoms with van der Waals surface area (Å²) in [5, 5.41) is 2.96. The van der Waals surface area contributed by atoms with Gasteiger partial charge in [-0.05, 0) is 24.3 Å². The number of pyridine rings is 1. The van der Waals surface area contributed by atoms with Crippen LogP contribution in [0, 0.1) is 5.95 Å². The van der Waals surface area contributed by atoms with Crippen molar-refractivity contribution in [1.29, 1.82) is 0 Å². The molecule has 0 spiro atoms. The number of nitrogens with one attached hydrogen (secondary N) is 2. The standard InChI is InChI=1S/C17H10F4N6/c18-12-6-5-11(7-22-12)25-15-13-16(24-8-23-15)27-14(26-13)9-1-3-10(4-2-9)17(19,20)21/h1-8H,(H2,23,24,25,26,27). The molecule has 27 heavy (non-hydrogen) atoms. The van der Waals surface area contributed by atoms with Gasteiger partial charge in [0, 0.05) is 5.56 Å². The van der Waals surface area contributed by atoms with Gasteiger partial charge in [-0.25, -0.2) is 19.9 Å². The number of alkyl halides is 3. The number of anilines is 2. The van der Waals surface area contributed by atoms with E-state index in [1.165, 1.54) is 36.8 Å². The fourth-order valence-electron chi connectivity index (χ4n) is 2.46. The van der Waals surface area contributed by atoms with Gasteiger partial charge in [0.1, 0.15) is 12.2 Å². The predicted octanol–water partition coefficient (Wildman–Crippen LogP) is 4.32. The molecule has 0 aliphatic heterocycles. The molecule has 0 fully saturated rings. The maximum atomic E-state index is 12.9. The molecule has 10 heteroatoms. The summed E-state index contributed by atoms with van der Waals surface area (Å²) in [6.45, 7) is 0. The molecule has 4 aromatic rings. The minimum atomic E-state index is -4.40. The van der Waals surface area contributed by atoms with Crippen molar-refractivity contribution < 1.29 is 17.6 Å². The lowest BCUT2D eigenvalue weighted by Gasteiger charge is -2.06. The second-order valence-corrected chi connectivity index (χ2v) is 5.57. The van der Waals surface area contributed by atoms with Gasteiger partial charge < -0.3 is 10.3 Å². The number of hydrogen-bond acceptors (Lipinski definition) is 5. The van der Waals surface area contributed by atoms with Crippen LogP contribution in [-0.2, 0) is 6.18 Å². The van der Waals surface area contributed by atoms with Crippen molar-refractivity contribution in [3.05, 3.63) is 60.4 Å². The van der Waals surface area contributed by atoms with E-state index in [9.17, 15) is 17.6 Å². The first-order valence-electron chi connectivity index (χ1n) is 7.67. The van der Waals surface area contributed by atoms with E-state index in [0.717, 1.165) is 12.1 Å². The number of imidazole rings is 1. The molecule has 0 saturated heterocycles. The zero-order chi connectivity index (χ0) is 19.0. The molecule has 6 nitrogen and oxygen atoms in total. The lowest BCUT2D eigenvalue weighted by molar-refractivity contribution is -0.137. The first kappa shape index (κ1) is 16.9. The Kier molecular flexibility index (Phi) is 3.94. The maximum absolute atomic E-state index is 12.9. The highest BCUT2D eigenvalue weighted by atomic mass is 19.4. The third-order valence-electron chi connectivity index (χ3n) is 3.76. The number of benzene rings is 1. The minimum absolute atomic E-state index is 0.347. The predicted molar refractivity (Wildman–Crippen MR) is 89.6 cm³/mol. The second kappa shape index (κ2) is 6.31. The Labute approximate surface area is 149 Å². The quantitative estimate of drug-likeness (QED) is 0.413. The zero-order valence-corrected chi connectivity index (χ0v) is 13.4. The lowest BCUT2D eigenvalue weighted by Crippen LogP contribution is -2.04. The van der Waals surface area contributed by atoms with Crippen molar-refractivity contribution in [2.24, 2.45) is 0 Å². The Balaban J connectivity index is 1.69. The molecule has 3 aromatic heterocycles. The van der Waals surface area contributed by atoms with Gasteiger partial charge in [-0.2, -0.15) is 17.6 Å². The first-order valence-corrected chi connectivity index (χ1v) is 7.67. The van der Waals surface area contributed by atoms with Crippen LogP contribution in [0.2, 0.25) is 0 Å². The van der Waals surface area contributed by atoms with Gasteiger partial charge in [0.05, 0.1) is 17.4 Å². The zero-order valence-electron chi connectivity index (χ0n) is 13.4. The summed E-state index contributed by atoms with van der Waals surface area (Å²) in [4.78, 5) is 19.0. The van der Waals surface area contributed by atoms with Crippen LogP contribution in [0.25, 0.3) is 22.6 Å². The van der Waals surface area contributed by atoms with Crippen LogP contribution in [-0.4, -0.2) is 24.9 Å². The molecule has 0 saturated carbocycles. The molecule has 0 amide bonds. The normalized spacial score (nSPS) is 11.7. The highest BCUT2D eigenvalue weighted by molar-refractivity contribution is 5.87. The van der Waals surface area contributed by atoms with E-state index in [2.05, 4.69) is 30.2 Å². The number of fused-ring (bicyclic) bond motifs is 1. The van der Waals surface area contributed by atoms with E-state index in [1.54, 1.807) is 0 Å². The third-order valence-corrected chi connectivity index (χ3v) is 3.76. The Morgan fingerprint density at radius 3 is 2.37 bits per heavy atom. The fraction of sp³-hybridized carbons (Fsp3) is 0.0588. The van der Waals surface area contributed by atoms with Crippen LogP contribution >= 0.6 is 0 Å². The number of aromatic amines is 1. The van der Waals surface area contributed by atoms with E-state index in [0.29, 0.717) is 34.1 Å². The average molecular weight is 374 g/mol. The molecule has 0 radical (unpaired) electrons. The summed E-state index contributed by atoms with van der Waals surface area (Å²) in [6, 6.07) is 7.30. The van der Waals surface area contributed by atoms with Crippen molar-refractivity contribution in [2.75, 3.05) is 5.32 Å². The van der Waals surface area contributed by atoms with Crippen LogP contribution in [0.4, 0.5) is 29.1 Å². The van der Waals surface area contributed by atoms with Gasteiger partial charge in [0.15, 0.2) is 17.0 Å². The number of H-pyrrole nitrogens is 1. The summed E-state index contributed by atoms with van der Waals surface area (Å²) in [5.74, 6) is 0.0834. The van der Waals surface area contributed by atoms with E-state index in [4.69, 9.17) is 0 Å². The maximum Gasteiger partial charge on any atom is 0.416 e. The average Bonchev–Trinajstić information content (AvgIpc) is 3.08. The third kappa shape index (κ3) is 3.41. The Morgan fingerprint density at radius 2 is 1.70 bits per heavy atom. The van der Waals surface area contributed by atoms with Crippen molar-refractivity contribution in [3.8, 4) is 11.4 Å². The van der Waals surface area contributed by atoms with Crippen molar-refractivity contribution in [3.63, 3.8) is 0 Å². The summed E-state index contributed by atoms with van der Waals surface area (Å²) in [6.07, 6.45) is -1.80. The molecule has 3 heterocycles. The van der Waals surface area contributed by atoms with Crippen LogP contribution < -0.4 is 5.32 Å². The van der Waals surface area contributed by atoms with Crippen molar-refractivity contribution >= 4 is 22.7 Å². The number of hydrogen-bond donors (Lipinski definition) is 2. The number of aromatic nitrogens is 5. The van der Waals surface area contributed by atoms with Crippen LogP contribution in [0.5, 0.6) is 0 Å². The summed E-state index contributed by atoms with van der Waals surface area (Å²) in [5.41, 5.74) is 1.01. The highest BCUT2D eigenvalue weighted by Crippen LogP contribution is 2.31. The summed E-state index contributed by atoms with van der Waals surface area (Å²) >= 11 is 0. The lowest BCUT2D eigenvalue weighted by atomic mass is 10.1. The molecule has 0 atom stereocenters. The smallest absolute Gasteiger partial charge is 0.337 e. The summed E-state index contributed by atoms with van der Waals surface area (Å²) in [7, 11) is 0. The number of halogens is 4. The van der Waals surface area contributed by atoms with E-state index >= 15 is 0 Å². The molecule has 136 valence electrons. The van der Waals surface area contributed by atoms with E-state index < -0.39 is 17.7 Å². The fourth-order valence-corrected chi connectivity index (χ4v) is 2.46. The minimum Gasteiger partial charge on any atom is -0.337 e. The Bertz CT molecular complexity index is 1090. The molecule has 4 rings (SSSR count). The van der Waals surface area contributed by atoms with Gasteiger partial charge in [-0.3, -0.25) is 0 Å². The Hall–Kier alpha value is -3.56. The van der Waals surface area contributed by atoms with Crippen molar-refractivity contribution in [1.82, 2.24) is 24.9 Å². The van der Waals surface area contributed by atoms with Crippen LogP contribution in [0.1, 0.15) is 5.56 Å². The molecule has 0 aliphatic rings. The van der Waals surface area contributed by atoms with Gasteiger partial charge in [0.25, 0.3) is 0 Å². The molecule has 0 unspecified atom stereocenters. The largest absolute Gasteiger partial charge is 0.416 e. The molecular weight excluding hydrogens is 364 g/mol. The SMILES string of the molecule is Fc1ccc(Nc2ncnc3[nH]c(-c4ccc(C(F)(F)F)cc4)nc23)cn1. The number of nitrogens with zero attached hydrogens (tertiary/aromatic N) is 4. The monoisotopic (exact) mass is 374 g/mol. The number of rotatable bonds is 3. The first-order chi connectivity index (χ1) is 12.9. The molecule has 0 aliphatic carbocycles. The molecule has 2 N–H and O–H groups in total. The topological polar surface area (TPSA) is 79.4 Å². The van der Waals surface area contributed by atoms with E-state index in [-0.39, 0.29) is 0 Å². The Morgan fingerprint density at radius 1 is 0.926 bits per heavy atom. The van der Waals surface area contributed by atoms with Gasteiger partial charge in [-0.15, -0.1) is 0 Å². The van der Waals surface area contributed by atoms with Crippen molar-refractivity contribution in [2.45, 2.75) is 6.18 Å². The summed E-state index contributed by atoms with van der Waals surface area (Å²) < 4.78 is 51.0. The van der Waals surface area contributed by atoms with Crippen LogP contribution in [0.15, 0.2) is 48.9 Å². The van der Waals surface area contributed by atoms with Crippen LogP contribution in [0.3, 0.4) is 0 Å². The van der Waals surface area contributed by atoms with Gasteiger partial charge in [-0.1, -0.05) is 12.1 Å². The van der Waals surface area contributed by atoms with Gasteiger partial charge in [0.2, 0.25) is 5.95 Å². The highest BCUT2D eigenvalue weighted by Gasteiger charge is 2.30. The van der Waals surface area contributed by atoms with E-state index in [1.807, 2.05) is 0 Å². The van der Waals surface area contributed by atoms with Gasteiger partial charge >= 0.3 is 6.18 Å². The molecule has 1 aromatic carbocycles. The molecular formula is C17H10F4N6. The molecule has 0 bridgehead atoms.